The first kappa shape index (κ1) is 23.2. The predicted octanol–water partition coefficient (Wildman–Crippen LogP) is 4.41. The maximum absolute atomic E-state index is 12.0. The molecule has 1 aromatic carbocycles. The van der Waals surface area contributed by atoms with Crippen molar-refractivity contribution in [3.63, 3.8) is 0 Å². The van der Waals surface area contributed by atoms with Gasteiger partial charge in [0.25, 0.3) is 0 Å². The molecular weight excluding hydrogens is 349 g/mol. The highest BCUT2D eigenvalue weighted by atomic mass is 19.1. The molecule has 0 aliphatic rings. The summed E-state index contributed by atoms with van der Waals surface area (Å²) >= 11 is 0. The highest BCUT2D eigenvalue weighted by molar-refractivity contribution is 5.68. The monoisotopic (exact) mass is 383 g/mol. The van der Waals surface area contributed by atoms with Gasteiger partial charge in [-0.15, -0.1) is 0 Å². The Morgan fingerprint density at radius 3 is 2.33 bits per heavy atom. The molecule has 0 aromatic heterocycles. The van der Waals surface area contributed by atoms with Crippen LogP contribution in [-0.4, -0.2) is 42.2 Å². The van der Waals surface area contributed by atoms with Crippen LogP contribution >= 0.6 is 0 Å². The summed E-state index contributed by atoms with van der Waals surface area (Å²) in [5.74, 6) is 0.788. The number of aryl methyl sites for hydroxylation is 1. The molecule has 0 aliphatic carbocycles. The molecule has 0 spiro atoms. The van der Waals surface area contributed by atoms with Crippen molar-refractivity contribution < 1.29 is 23.8 Å². The Morgan fingerprint density at radius 1 is 1.11 bits per heavy atom. The maximum atomic E-state index is 12.0. The molecule has 0 heterocycles. The minimum Gasteiger partial charge on any atom is -0.494 e. The summed E-state index contributed by atoms with van der Waals surface area (Å²) in [6, 6.07) is 7.76. The standard InChI is InChI=1S/C21H34FNO4/c1-20(2,3)27-19(25)23-21(4,16-24)13-12-17-8-10-18(11-9-17)26-15-7-5-6-14-22/h8-11,24H,5-7,12-16H2,1-4H3,(H,23,25)/t21-/m1/s1. The van der Waals surface area contributed by atoms with Crippen LogP contribution in [0.5, 0.6) is 5.75 Å². The molecule has 0 saturated carbocycles. The number of hydrogen-bond donors (Lipinski definition) is 2. The van der Waals surface area contributed by atoms with Crippen LogP contribution in [0.2, 0.25) is 0 Å². The lowest BCUT2D eigenvalue weighted by Crippen LogP contribution is -2.50. The number of ether oxygens (including phenoxy) is 2. The molecule has 0 fully saturated rings. The number of carbonyl (C=O) groups excluding carboxylic acids is 1. The third-order valence-electron chi connectivity index (χ3n) is 4.09. The molecule has 0 aliphatic heterocycles. The van der Waals surface area contributed by atoms with Crippen molar-refractivity contribution >= 4 is 6.09 Å². The Labute approximate surface area is 162 Å². The van der Waals surface area contributed by atoms with Gasteiger partial charge in [-0.05, 0) is 77.5 Å². The Morgan fingerprint density at radius 2 is 1.78 bits per heavy atom. The zero-order valence-corrected chi connectivity index (χ0v) is 17.0. The summed E-state index contributed by atoms with van der Waals surface area (Å²) in [6.45, 7) is 7.33. The minimum atomic E-state index is -0.756. The van der Waals surface area contributed by atoms with Gasteiger partial charge in [0.2, 0.25) is 0 Å². The lowest BCUT2D eigenvalue weighted by Gasteiger charge is -2.30. The van der Waals surface area contributed by atoms with Crippen molar-refractivity contribution in [2.45, 2.75) is 70.9 Å². The van der Waals surface area contributed by atoms with Gasteiger partial charge in [0, 0.05) is 0 Å². The van der Waals surface area contributed by atoms with E-state index in [0.29, 0.717) is 25.9 Å². The molecular formula is C21H34FNO4. The smallest absolute Gasteiger partial charge is 0.408 e. The van der Waals surface area contributed by atoms with Gasteiger partial charge in [-0.2, -0.15) is 0 Å². The third-order valence-corrected chi connectivity index (χ3v) is 4.09. The Hall–Kier alpha value is -1.82. The van der Waals surface area contributed by atoms with Crippen molar-refractivity contribution in [3.05, 3.63) is 29.8 Å². The summed E-state index contributed by atoms with van der Waals surface area (Å²) in [6.07, 6.45) is 3.00. The third kappa shape index (κ3) is 10.2. The SMILES string of the molecule is CC(C)(C)OC(=O)N[C@@](C)(CO)CCc1ccc(OCCCCCF)cc1. The van der Waals surface area contributed by atoms with Gasteiger partial charge in [-0.1, -0.05) is 12.1 Å². The molecule has 5 nitrogen and oxygen atoms in total. The van der Waals surface area contributed by atoms with Gasteiger partial charge in [0.05, 0.1) is 25.4 Å². The van der Waals surface area contributed by atoms with Gasteiger partial charge in [0.15, 0.2) is 0 Å². The summed E-state index contributed by atoms with van der Waals surface area (Å²) in [5.41, 5.74) is -0.249. The normalized spacial score (nSPS) is 13.7. The fraction of sp³-hybridized carbons (Fsp3) is 0.667. The maximum Gasteiger partial charge on any atom is 0.408 e. The molecule has 0 unspecified atom stereocenters. The predicted molar refractivity (Wildman–Crippen MR) is 105 cm³/mol. The van der Waals surface area contributed by atoms with E-state index >= 15 is 0 Å². The lowest BCUT2D eigenvalue weighted by atomic mass is 9.94. The van der Waals surface area contributed by atoms with Crippen molar-refractivity contribution in [2.75, 3.05) is 19.9 Å². The topological polar surface area (TPSA) is 67.8 Å². The highest BCUT2D eigenvalue weighted by Gasteiger charge is 2.28. The van der Waals surface area contributed by atoms with E-state index in [9.17, 15) is 14.3 Å². The number of alkyl halides is 1. The number of hydrogen-bond acceptors (Lipinski definition) is 4. The molecule has 1 amide bonds. The van der Waals surface area contributed by atoms with Crippen molar-refractivity contribution in [1.29, 1.82) is 0 Å². The number of aliphatic hydroxyl groups excluding tert-OH is 1. The second kappa shape index (κ2) is 11.1. The molecule has 1 rings (SSSR count). The molecule has 154 valence electrons. The number of rotatable bonds is 11. The summed E-state index contributed by atoms with van der Waals surface area (Å²) in [7, 11) is 0. The fourth-order valence-corrected chi connectivity index (χ4v) is 2.47. The zero-order valence-electron chi connectivity index (χ0n) is 17.0. The van der Waals surface area contributed by atoms with Gasteiger partial charge >= 0.3 is 6.09 Å². The van der Waals surface area contributed by atoms with Gasteiger partial charge in [0.1, 0.15) is 11.4 Å². The van der Waals surface area contributed by atoms with Crippen LogP contribution in [0.3, 0.4) is 0 Å². The fourth-order valence-electron chi connectivity index (χ4n) is 2.47. The summed E-state index contributed by atoms with van der Waals surface area (Å²) < 4.78 is 22.9. The van der Waals surface area contributed by atoms with Crippen molar-refractivity contribution in [2.24, 2.45) is 0 Å². The lowest BCUT2D eigenvalue weighted by molar-refractivity contribution is 0.0407. The first-order valence-electron chi connectivity index (χ1n) is 9.57. The molecule has 1 atom stereocenters. The van der Waals surface area contributed by atoms with Gasteiger partial charge < -0.3 is 19.9 Å². The molecule has 1 aromatic rings. The molecule has 0 bridgehead atoms. The first-order chi connectivity index (χ1) is 12.7. The van der Waals surface area contributed by atoms with Crippen LogP contribution in [0.15, 0.2) is 24.3 Å². The second-order valence-corrected chi connectivity index (χ2v) is 8.09. The Kier molecular flexibility index (Phi) is 9.56. The largest absolute Gasteiger partial charge is 0.494 e. The van der Waals surface area contributed by atoms with E-state index in [-0.39, 0.29) is 13.3 Å². The zero-order chi connectivity index (χ0) is 20.3. The number of benzene rings is 1. The number of amides is 1. The number of aliphatic hydroxyl groups is 1. The molecule has 6 heteroatoms. The molecule has 0 saturated heterocycles. The minimum absolute atomic E-state index is 0.174. The molecule has 2 N–H and O–H groups in total. The van der Waals surface area contributed by atoms with E-state index < -0.39 is 17.2 Å². The quantitative estimate of drug-likeness (QED) is 0.555. The molecule has 0 radical (unpaired) electrons. The first-order valence-corrected chi connectivity index (χ1v) is 9.57. The van der Waals surface area contributed by atoms with E-state index in [1.54, 1.807) is 27.7 Å². The summed E-state index contributed by atoms with van der Waals surface area (Å²) in [5, 5.41) is 12.5. The van der Waals surface area contributed by atoms with Crippen LogP contribution < -0.4 is 10.1 Å². The highest BCUT2D eigenvalue weighted by Crippen LogP contribution is 2.18. The van der Waals surface area contributed by atoms with Crippen LogP contribution in [0.1, 0.15) is 58.9 Å². The number of unbranched alkanes of at least 4 members (excludes halogenated alkanes) is 2. The van der Waals surface area contributed by atoms with Crippen LogP contribution in [0.4, 0.5) is 9.18 Å². The Bertz CT molecular complexity index is 556. The Balaban J connectivity index is 2.46. The van der Waals surface area contributed by atoms with Gasteiger partial charge in [-0.25, -0.2) is 4.79 Å². The van der Waals surface area contributed by atoms with E-state index in [0.717, 1.165) is 24.2 Å². The number of carbonyl (C=O) groups is 1. The van der Waals surface area contributed by atoms with Crippen LogP contribution in [-0.2, 0) is 11.2 Å². The van der Waals surface area contributed by atoms with Crippen LogP contribution in [0.25, 0.3) is 0 Å². The number of alkyl carbamates (subject to hydrolysis) is 1. The van der Waals surface area contributed by atoms with Crippen molar-refractivity contribution in [3.8, 4) is 5.75 Å². The number of halogens is 1. The van der Waals surface area contributed by atoms with Crippen molar-refractivity contribution in [1.82, 2.24) is 5.32 Å². The average molecular weight is 384 g/mol. The average Bonchev–Trinajstić information content (AvgIpc) is 2.59. The second-order valence-electron chi connectivity index (χ2n) is 8.09. The summed E-state index contributed by atoms with van der Waals surface area (Å²) in [4.78, 5) is 12.0. The molecule has 27 heavy (non-hydrogen) atoms. The van der Waals surface area contributed by atoms with Gasteiger partial charge in [-0.3, -0.25) is 4.39 Å². The van der Waals surface area contributed by atoms with E-state index in [1.165, 1.54) is 0 Å². The number of nitrogens with one attached hydrogen (secondary N) is 1. The van der Waals surface area contributed by atoms with E-state index in [4.69, 9.17) is 9.47 Å². The van der Waals surface area contributed by atoms with E-state index in [1.807, 2.05) is 24.3 Å². The van der Waals surface area contributed by atoms with E-state index in [2.05, 4.69) is 5.32 Å². The van der Waals surface area contributed by atoms with Crippen LogP contribution in [0, 0.1) is 0 Å².